The van der Waals surface area contributed by atoms with Gasteiger partial charge in [0.1, 0.15) is 5.75 Å². The van der Waals surface area contributed by atoms with Gasteiger partial charge in [0.25, 0.3) is 5.69 Å². The van der Waals surface area contributed by atoms with E-state index >= 15 is 0 Å². The average molecular weight is 281 g/mol. The summed E-state index contributed by atoms with van der Waals surface area (Å²) in [5, 5.41) is 20.4. The summed E-state index contributed by atoms with van der Waals surface area (Å²) < 4.78 is 11.1. The van der Waals surface area contributed by atoms with E-state index in [0.717, 1.165) is 25.9 Å². The summed E-state index contributed by atoms with van der Waals surface area (Å²) in [5.74, 6) is 0.489. The summed E-state index contributed by atoms with van der Waals surface area (Å²) >= 11 is 0. The maximum Gasteiger partial charge on any atom is 0.270 e. The van der Waals surface area contributed by atoms with Gasteiger partial charge in [-0.3, -0.25) is 10.1 Å². The van der Waals surface area contributed by atoms with E-state index < -0.39 is 11.0 Å². The van der Waals surface area contributed by atoms with Crippen LogP contribution in [0.4, 0.5) is 5.69 Å². The first-order valence-electron chi connectivity index (χ1n) is 6.78. The molecule has 1 aromatic carbocycles. The summed E-state index contributed by atoms with van der Waals surface area (Å²) in [4.78, 5) is 10.3. The zero-order valence-electron chi connectivity index (χ0n) is 11.4. The zero-order chi connectivity index (χ0) is 14.5. The molecular formula is C14H19NO5. The molecule has 6 heteroatoms. The van der Waals surface area contributed by atoms with Crippen molar-refractivity contribution in [2.45, 2.75) is 38.4 Å². The Hall–Kier alpha value is -1.66. The summed E-state index contributed by atoms with van der Waals surface area (Å²) in [6, 6.07) is 4.27. The molecule has 0 radical (unpaired) electrons. The van der Waals surface area contributed by atoms with E-state index in [-0.39, 0.29) is 11.8 Å². The quantitative estimate of drug-likeness (QED) is 0.640. The first-order chi connectivity index (χ1) is 9.58. The maximum atomic E-state index is 10.7. The molecule has 0 bridgehead atoms. The third-order valence-corrected chi connectivity index (χ3v) is 3.38. The summed E-state index contributed by atoms with van der Waals surface area (Å²) in [6.07, 6.45) is 2.35. The van der Waals surface area contributed by atoms with Gasteiger partial charge in [-0.25, -0.2) is 0 Å². The molecule has 2 rings (SSSR count). The number of nitro groups is 1. The maximum absolute atomic E-state index is 10.7. The van der Waals surface area contributed by atoms with E-state index in [0.29, 0.717) is 17.9 Å². The van der Waals surface area contributed by atoms with Crippen molar-refractivity contribution in [3.63, 3.8) is 0 Å². The van der Waals surface area contributed by atoms with Crippen LogP contribution < -0.4 is 4.74 Å². The van der Waals surface area contributed by atoms with E-state index in [1.165, 1.54) is 18.2 Å². The number of rotatable bonds is 6. The minimum Gasteiger partial charge on any atom is -0.493 e. The van der Waals surface area contributed by atoms with Crippen molar-refractivity contribution in [1.29, 1.82) is 0 Å². The Morgan fingerprint density at radius 3 is 3.00 bits per heavy atom. The SMILES string of the molecule is C[C@H](O)c1cc([N+](=O)[O-])ccc1OCCC1CCCO1. The molecule has 2 atom stereocenters. The Morgan fingerprint density at radius 2 is 2.40 bits per heavy atom. The number of non-ortho nitro benzene ring substituents is 1. The number of hydrogen-bond donors (Lipinski definition) is 1. The minimum absolute atomic E-state index is 0.0487. The lowest BCUT2D eigenvalue weighted by Crippen LogP contribution is -2.11. The van der Waals surface area contributed by atoms with Crippen LogP contribution in [-0.2, 0) is 4.74 Å². The van der Waals surface area contributed by atoms with Crippen LogP contribution in [0, 0.1) is 10.1 Å². The van der Waals surface area contributed by atoms with Crippen molar-refractivity contribution in [3.8, 4) is 5.75 Å². The molecule has 1 fully saturated rings. The number of ether oxygens (including phenoxy) is 2. The van der Waals surface area contributed by atoms with Crippen LogP contribution >= 0.6 is 0 Å². The zero-order valence-corrected chi connectivity index (χ0v) is 11.4. The van der Waals surface area contributed by atoms with E-state index in [1.54, 1.807) is 6.92 Å². The highest BCUT2D eigenvalue weighted by molar-refractivity contribution is 5.44. The predicted octanol–water partition coefficient (Wildman–Crippen LogP) is 2.60. The number of nitro benzene ring substituents is 1. The van der Waals surface area contributed by atoms with Crippen LogP contribution in [-0.4, -0.2) is 29.3 Å². The molecule has 1 saturated heterocycles. The van der Waals surface area contributed by atoms with Crippen LogP contribution in [0.5, 0.6) is 5.75 Å². The van der Waals surface area contributed by atoms with Gasteiger partial charge in [-0.2, -0.15) is 0 Å². The van der Waals surface area contributed by atoms with Crippen molar-refractivity contribution in [1.82, 2.24) is 0 Å². The Bertz CT molecular complexity index is 469. The van der Waals surface area contributed by atoms with Gasteiger partial charge >= 0.3 is 0 Å². The number of hydrogen-bond acceptors (Lipinski definition) is 5. The summed E-state index contributed by atoms with van der Waals surface area (Å²) in [7, 11) is 0. The van der Waals surface area contributed by atoms with Gasteiger partial charge in [-0.15, -0.1) is 0 Å². The highest BCUT2D eigenvalue weighted by Gasteiger charge is 2.18. The first kappa shape index (κ1) is 14.7. The van der Waals surface area contributed by atoms with Crippen molar-refractivity contribution >= 4 is 5.69 Å². The van der Waals surface area contributed by atoms with Gasteiger partial charge < -0.3 is 14.6 Å². The lowest BCUT2D eigenvalue weighted by atomic mass is 10.1. The third kappa shape index (κ3) is 3.68. The van der Waals surface area contributed by atoms with Gasteiger partial charge in [0.2, 0.25) is 0 Å². The molecule has 1 unspecified atom stereocenters. The van der Waals surface area contributed by atoms with Crippen LogP contribution in [0.1, 0.15) is 37.9 Å². The predicted molar refractivity (Wildman–Crippen MR) is 72.8 cm³/mol. The van der Waals surface area contributed by atoms with E-state index in [4.69, 9.17) is 9.47 Å². The molecule has 1 aliphatic rings. The molecule has 110 valence electrons. The standard InChI is InChI=1S/C14H19NO5/c1-10(16)13-9-11(15(17)18)4-5-14(13)20-8-6-12-3-2-7-19-12/h4-5,9-10,12,16H,2-3,6-8H2,1H3/t10-,12?/m0/s1. The Balaban J connectivity index is 2.00. The second-order valence-corrected chi connectivity index (χ2v) is 4.93. The van der Waals surface area contributed by atoms with Crippen molar-refractivity contribution < 1.29 is 19.5 Å². The Morgan fingerprint density at radius 1 is 1.60 bits per heavy atom. The molecule has 20 heavy (non-hydrogen) atoms. The summed E-state index contributed by atoms with van der Waals surface area (Å²) in [5.41, 5.74) is 0.388. The number of nitrogens with zero attached hydrogens (tertiary/aromatic N) is 1. The fraction of sp³-hybridized carbons (Fsp3) is 0.571. The molecule has 0 spiro atoms. The Labute approximate surface area is 117 Å². The first-order valence-corrected chi connectivity index (χ1v) is 6.78. The number of benzene rings is 1. The molecule has 0 amide bonds. The highest BCUT2D eigenvalue weighted by Crippen LogP contribution is 2.29. The second-order valence-electron chi connectivity index (χ2n) is 4.93. The van der Waals surface area contributed by atoms with Gasteiger partial charge in [0.05, 0.1) is 23.7 Å². The third-order valence-electron chi connectivity index (χ3n) is 3.38. The molecule has 0 aromatic heterocycles. The largest absolute Gasteiger partial charge is 0.493 e. The molecule has 0 aliphatic carbocycles. The van der Waals surface area contributed by atoms with E-state index in [1.807, 2.05) is 0 Å². The number of aliphatic hydroxyl groups is 1. The topological polar surface area (TPSA) is 81.8 Å². The van der Waals surface area contributed by atoms with Crippen LogP contribution in [0.3, 0.4) is 0 Å². The molecule has 1 N–H and O–H groups in total. The van der Waals surface area contributed by atoms with Gasteiger partial charge in [0.15, 0.2) is 0 Å². The second kappa shape index (κ2) is 6.67. The highest BCUT2D eigenvalue weighted by atomic mass is 16.6. The average Bonchev–Trinajstić information content (AvgIpc) is 2.91. The van der Waals surface area contributed by atoms with Crippen LogP contribution in [0.15, 0.2) is 18.2 Å². The molecule has 1 aliphatic heterocycles. The fourth-order valence-electron chi connectivity index (χ4n) is 2.28. The van der Waals surface area contributed by atoms with Crippen LogP contribution in [0.2, 0.25) is 0 Å². The van der Waals surface area contributed by atoms with Gasteiger partial charge in [-0.05, 0) is 25.8 Å². The van der Waals surface area contributed by atoms with Crippen molar-refractivity contribution in [2.75, 3.05) is 13.2 Å². The molecule has 1 aromatic rings. The minimum atomic E-state index is -0.812. The van der Waals surface area contributed by atoms with E-state index in [2.05, 4.69) is 0 Å². The van der Waals surface area contributed by atoms with Crippen molar-refractivity contribution in [2.24, 2.45) is 0 Å². The molecule has 1 heterocycles. The number of aliphatic hydroxyl groups excluding tert-OH is 1. The molecule has 6 nitrogen and oxygen atoms in total. The Kier molecular flexibility index (Phi) is 4.92. The fourth-order valence-corrected chi connectivity index (χ4v) is 2.28. The monoisotopic (exact) mass is 281 g/mol. The van der Waals surface area contributed by atoms with Crippen LogP contribution in [0.25, 0.3) is 0 Å². The van der Waals surface area contributed by atoms with E-state index in [9.17, 15) is 15.2 Å². The summed E-state index contributed by atoms with van der Waals surface area (Å²) in [6.45, 7) is 2.84. The molecular weight excluding hydrogens is 262 g/mol. The van der Waals surface area contributed by atoms with Gasteiger partial charge in [0, 0.05) is 30.7 Å². The smallest absolute Gasteiger partial charge is 0.270 e. The lowest BCUT2D eigenvalue weighted by Gasteiger charge is -2.15. The van der Waals surface area contributed by atoms with Crippen molar-refractivity contribution in [3.05, 3.63) is 33.9 Å². The normalized spacial score (nSPS) is 19.8. The van der Waals surface area contributed by atoms with Gasteiger partial charge in [-0.1, -0.05) is 0 Å². The molecule has 0 saturated carbocycles. The lowest BCUT2D eigenvalue weighted by molar-refractivity contribution is -0.385.